The van der Waals surface area contributed by atoms with E-state index in [9.17, 15) is 0 Å². The van der Waals surface area contributed by atoms with Gasteiger partial charge < -0.3 is 0 Å². The first-order valence-corrected chi connectivity index (χ1v) is 8.71. The Morgan fingerprint density at radius 3 is 1.77 bits per heavy atom. The highest BCUT2D eigenvalue weighted by molar-refractivity contribution is 9.10. The maximum absolute atomic E-state index is 5.84. The lowest BCUT2D eigenvalue weighted by atomic mass is 10.1. The van der Waals surface area contributed by atoms with Crippen molar-refractivity contribution >= 4 is 85.5 Å². The Balaban J connectivity index is 2.70. The highest BCUT2D eigenvalue weighted by Crippen LogP contribution is 2.41. The number of alkyl halides is 6. The number of hydrogen-bond acceptors (Lipinski definition) is 3. The fraction of sp³-hybridized carbons (Fsp3) is 0.250. The van der Waals surface area contributed by atoms with Gasteiger partial charge in [0, 0.05) is 10.0 Å². The van der Waals surface area contributed by atoms with Gasteiger partial charge in [-0.2, -0.15) is 0 Å². The van der Waals surface area contributed by atoms with Gasteiger partial charge >= 0.3 is 0 Å². The van der Waals surface area contributed by atoms with Gasteiger partial charge in [0.05, 0.1) is 0 Å². The van der Waals surface area contributed by atoms with Crippen LogP contribution in [0.25, 0.3) is 11.4 Å². The molecule has 0 N–H and O–H groups in total. The maximum atomic E-state index is 5.84. The van der Waals surface area contributed by atoms with Crippen molar-refractivity contribution in [2.75, 3.05) is 0 Å². The number of benzene rings is 1. The molecule has 0 spiro atoms. The molecule has 0 aliphatic rings. The number of aryl methyl sites for hydroxylation is 1. The van der Waals surface area contributed by atoms with Gasteiger partial charge in [-0.25, -0.2) is 15.0 Å². The molecule has 10 heteroatoms. The lowest BCUT2D eigenvalue weighted by molar-refractivity contribution is 0.851. The van der Waals surface area contributed by atoms with Crippen molar-refractivity contribution in [3.05, 3.63) is 39.9 Å². The zero-order chi connectivity index (χ0) is 16.7. The van der Waals surface area contributed by atoms with Crippen LogP contribution in [0.5, 0.6) is 0 Å². The molecule has 0 bridgehead atoms. The molecule has 0 amide bonds. The molecule has 0 unspecified atom stereocenters. The monoisotopic (exact) mass is 481 g/mol. The van der Waals surface area contributed by atoms with Gasteiger partial charge in [0.2, 0.25) is 7.59 Å². The molecule has 118 valence electrons. The maximum Gasteiger partial charge on any atom is 0.250 e. The zero-order valence-corrected chi connectivity index (χ0v) is 16.8. The Morgan fingerprint density at radius 2 is 1.36 bits per heavy atom. The third kappa shape index (κ3) is 4.50. The number of nitrogens with zero attached hydrogens (tertiary/aromatic N) is 3. The van der Waals surface area contributed by atoms with Crippen molar-refractivity contribution in [2.45, 2.75) is 14.5 Å². The Kier molecular flexibility index (Phi) is 5.76. The van der Waals surface area contributed by atoms with Crippen LogP contribution in [0.2, 0.25) is 0 Å². The summed E-state index contributed by atoms with van der Waals surface area (Å²) < 4.78 is -3.00. The van der Waals surface area contributed by atoms with Crippen molar-refractivity contribution in [3.63, 3.8) is 0 Å². The van der Waals surface area contributed by atoms with E-state index < -0.39 is 7.59 Å². The second kappa shape index (κ2) is 6.75. The second-order valence-corrected chi connectivity index (χ2v) is 9.70. The van der Waals surface area contributed by atoms with Crippen LogP contribution < -0.4 is 0 Å². The van der Waals surface area contributed by atoms with Crippen molar-refractivity contribution in [3.8, 4) is 11.4 Å². The number of aromatic nitrogens is 3. The first-order chi connectivity index (χ1) is 9.98. The van der Waals surface area contributed by atoms with Crippen LogP contribution in [0.1, 0.15) is 17.2 Å². The van der Waals surface area contributed by atoms with Gasteiger partial charge in [0.1, 0.15) is 0 Å². The topological polar surface area (TPSA) is 38.7 Å². The van der Waals surface area contributed by atoms with Crippen LogP contribution in [0.3, 0.4) is 0 Å². The lowest BCUT2D eigenvalue weighted by Gasteiger charge is -2.16. The third-order valence-electron chi connectivity index (χ3n) is 2.51. The predicted octanol–water partition coefficient (Wildman–Crippen LogP) is 6.26. The van der Waals surface area contributed by atoms with Gasteiger partial charge in [0.25, 0.3) is 0 Å². The SMILES string of the molecule is Cc1ccc(-c2nc(C(Cl)(Cl)Cl)nc(C(Cl)(Cl)Cl)n2)c(Br)c1. The van der Waals surface area contributed by atoms with Crippen molar-refractivity contribution in [2.24, 2.45) is 0 Å². The molecule has 0 fully saturated rings. The summed E-state index contributed by atoms with van der Waals surface area (Å²) in [5.74, 6) is -0.0304. The van der Waals surface area contributed by atoms with Crippen LogP contribution in [-0.4, -0.2) is 15.0 Å². The van der Waals surface area contributed by atoms with E-state index in [0.717, 1.165) is 10.0 Å². The molecule has 1 aromatic heterocycles. The van der Waals surface area contributed by atoms with E-state index in [1.54, 1.807) is 6.07 Å². The summed E-state index contributed by atoms with van der Waals surface area (Å²) in [7, 11) is 0. The number of halogens is 7. The summed E-state index contributed by atoms with van der Waals surface area (Å²) in [5, 5.41) is 0. The molecule has 0 radical (unpaired) electrons. The largest absolute Gasteiger partial charge is 0.250 e. The second-order valence-electron chi connectivity index (χ2n) is 4.29. The van der Waals surface area contributed by atoms with Gasteiger partial charge in [-0.1, -0.05) is 91.6 Å². The summed E-state index contributed by atoms with van der Waals surface area (Å²) in [4.78, 5) is 12.2. The lowest BCUT2D eigenvalue weighted by Crippen LogP contribution is -2.16. The van der Waals surface area contributed by atoms with Crippen LogP contribution in [0.4, 0.5) is 0 Å². The van der Waals surface area contributed by atoms with Crippen LogP contribution in [-0.2, 0) is 7.59 Å². The van der Waals surface area contributed by atoms with Crippen LogP contribution in [0.15, 0.2) is 22.7 Å². The first kappa shape index (κ1) is 18.8. The van der Waals surface area contributed by atoms with Crippen molar-refractivity contribution in [1.29, 1.82) is 0 Å². The van der Waals surface area contributed by atoms with Crippen molar-refractivity contribution in [1.82, 2.24) is 15.0 Å². The average molecular weight is 485 g/mol. The minimum atomic E-state index is -1.88. The smallest absolute Gasteiger partial charge is 0.209 e. The highest BCUT2D eigenvalue weighted by Gasteiger charge is 2.34. The molecular formula is C12H6BrCl6N3. The van der Waals surface area contributed by atoms with E-state index in [1.807, 2.05) is 19.1 Å². The van der Waals surface area contributed by atoms with E-state index in [-0.39, 0.29) is 17.5 Å². The minimum Gasteiger partial charge on any atom is -0.209 e. The van der Waals surface area contributed by atoms with Gasteiger partial charge in [-0.15, -0.1) is 0 Å². The summed E-state index contributed by atoms with van der Waals surface area (Å²) in [5.41, 5.74) is 1.70. The number of rotatable bonds is 1. The normalized spacial score (nSPS) is 12.5. The van der Waals surface area contributed by atoms with E-state index >= 15 is 0 Å². The van der Waals surface area contributed by atoms with Gasteiger partial charge in [-0.3, -0.25) is 0 Å². The molecule has 1 heterocycles. The van der Waals surface area contributed by atoms with E-state index in [1.165, 1.54) is 0 Å². The molecule has 0 atom stereocenters. The molecule has 0 saturated heterocycles. The standard InChI is InChI=1S/C12H6BrCl6N3/c1-5-2-3-6(7(13)4-5)8-20-9(11(14,15)16)22-10(21-8)12(17,18)19/h2-4H,1H3. The molecule has 2 aromatic rings. The zero-order valence-electron chi connectivity index (χ0n) is 10.7. The molecule has 1 aromatic carbocycles. The quantitative estimate of drug-likeness (QED) is 0.448. The molecule has 2 rings (SSSR count). The van der Waals surface area contributed by atoms with Crippen molar-refractivity contribution < 1.29 is 0 Å². The summed E-state index contributed by atoms with van der Waals surface area (Å²) >= 11 is 38.5. The first-order valence-electron chi connectivity index (χ1n) is 5.65. The minimum absolute atomic E-state index is 0.128. The molecule has 0 aliphatic heterocycles. The average Bonchev–Trinajstić information content (AvgIpc) is 2.36. The van der Waals surface area contributed by atoms with Gasteiger partial charge in [0.15, 0.2) is 17.5 Å². The Morgan fingerprint density at radius 1 is 0.864 bits per heavy atom. The summed E-state index contributed by atoms with van der Waals surface area (Å²) in [6, 6.07) is 5.58. The molecule has 0 saturated carbocycles. The van der Waals surface area contributed by atoms with Crippen LogP contribution in [0, 0.1) is 6.92 Å². The predicted molar refractivity (Wildman–Crippen MR) is 96.2 cm³/mol. The highest BCUT2D eigenvalue weighted by atomic mass is 79.9. The van der Waals surface area contributed by atoms with E-state index in [4.69, 9.17) is 69.6 Å². The molecule has 3 nitrogen and oxygen atoms in total. The summed E-state index contributed by atoms with van der Waals surface area (Å²) in [6.07, 6.45) is 0. The Bertz CT molecular complexity index is 679. The van der Waals surface area contributed by atoms with E-state index in [2.05, 4.69) is 30.9 Å². The van der Waals surface area contributed by atoms with Crippen LogP contribution >= 0.6 is 85.5 Å². The van der Waals surface area contributed by atoms with E-state index in [0.29, 0.717) is 5.56 Å². The third-order valence-corrected chi connectivity index (χ3v) is 4.18. The fourth-order valence-electron chi connectivity index (χ4n) is 1.55. The Labute approximate surface area is 165 Å². The summed E-state index contributed by atoms with van der Waals surface area (Å²) in [6.45, 7) is 1.95. The number of hydrogen-bond donors (Lipinski definition) is 0. The molecule has 0 aliphatic carbocycles. The Hall–Kier alpha value is 0.450. The molecule has 22 heavy (non-hydrogen) atoms. The fourth-order valence-corrected chi connectivity index (χ4v) is 2.73. The van der Waals surface area contributed by atoms with Gasteiger partial charge in [-0.05, 0) is 24.6 Å². The molecular weight excluding hydrogens is 479 g/mol.